The number of nitrogens with zero attached hydrogens (tertiary/aromatic N) is 2. The highest BCUT2D eigenvalue weighted by molar-refractivity contribution is 6.34. The normalized spacial score (nSPS) is 21.7. The summed E-state index contributed by atoms with van der Waals surface area (Å²) in [6.45, 7) is 5.50. The van der Waals surface area contributed by atoms with Gasteiger partial charge in [0, 0.05) is 29.9 Å². The van der Waals surface area contributed by atoms with Crippen LogP contribution in [0.15, 0.2) is 12.3 Å². The first-order valence-electron chi connectivity index (χ1n) is 6.21. The zero-order valence-electron chi connectivity index (χ0n) is 10.1. The molecule has 1 aliphatic rings. The van der Waals surface area contributed by atoms with Gasteiger partial charge in [0.2, 0.25) is 0 Å². The first kappa shape index (κ1) is 13.1. The van der Waals surface area contributed by atoms with Crippen LogP contribution < -0.4 is 0 Å². The highest BCUT2D eigenvalue weighted by atomic mass is 35.5. The Bertz CT molecular complexity index is 382. The highest BCUT2D eigenvalue weighted by Gasteiger charge is 2.19. The van der Waals surface area contributed by atoms with Crippen LogP contribution in [-0.4, -0.2) is 23.0 Å². The van der Waals surface area contributed by atoms with Gasteiger partial charge in [-0.05, 0) is 31.4 Å². The summed E-state index contributed by atoms with van der Waals surface area (Å²) in [5, 5.41) is 1.19. The van der Waals surface area contributed by atoms with Crippen LogP contribution in [0.4, 0.5) is 0 Å². The second kappa shape index (κ2) is 6.03. The molecule has 0 amide bonds. The van der Waals surface area contributed by atoms with E-state index < -0.39 is 0 Å². The average molecular weight is 273 g/mol. The van der Waals surface area contributed by atoms with E-state index in [4.69, 9.17) is 23.2 Å². The molecule has 0 spiro atoms. The van der Waals surface area contributed by atoms with E-state index in [0.717, 1.165) is 29.6 Å². The predicted molar refractivity (Wildman–Crippen MR) is 72.5 cm³/mol. The van der Waals surface area contributed by atoms with Gasteiger partial charge in [-0.15, -0.1) is 0 Å². The fraction of sp³-hybridized carbons (Fsp3) is 0.615. The zero-order valence-corrected chi connectivity index (χ0v) is 11.6. The molecule has 1 unspecified atom stereocenters. The van der Waals surface area contributed by atoms with Crippen LogP contribution in [0.1, 0.15) is 31.7 Å². The lowest BCUT2D eigenvalue weighted by Crippen LogP contribution is -2.34. The summed E-state index contributed by atoms with van der Waals surface area (Å²) in [6, 6.07) is 1.72. The Hall–Kier alpha value is -0.310. The smallest absolute Gasteiger partial charge is 0.130 e. The minimum atomic E-state index is 0.462. The quantitative estimate of drug-likeness (QED) is 0.773. The van der Waals surface area contributed by atoms with E-state index in [1.807, 2.05) is 0 Å². The maximum atomic E-state index is 6.17. The van der Waals surface area contributed by atoms with Crippen molar-refractivity contribution in [1.82, 2.24) is 9.88 Å². The summed E-state index contributed by atoms with van der Waals surface area (Å²) >= 11 is 12.0. The third-order valence-electron chi connectivity index (χ3n) is 3.47. The Morgan fingerprint density at radius 2 is 2.29 bits per heavy atom. The van der Waals surface area contributed by atoms with Crippen molar-refractivity contribution in [2.75, 3.05) is 13.1 Å². The summed E-state index contributed by atoms with van der Waals surface area (Å²) < 4.78 is 0. The molecule has 1 fully saturated rings. The van der Waals surface area contributed by atoms with Crippen molar-refractivity contribution in [3.8, 4) is 0 Å². The summed E-state index contributed by atoms with van der Waals surface area (Å²) in [5.41, 5.74) is 1.08. The maximum absolute atomic E-state index is 6.17. The van der Waals surface area contributed by atoms with Gasteiger partial charge in [0.25, 0.3) is 0 Å². The van der Waals surface area contributed by atoms with Crippen molar-refractivity contribution >= 4 is 23.2 Å². The molecule has 0 radical (unpaired) electrons. The summed E-state index contributed by atoms with van der Waals surface area (Å²) in [6.07, 6.45) is 5.71. The Morgan fingerprint density at radius 3 is 3.00 bits per heavy atom. The molecule has 4 heteroatoms. The van der Waals surface area contributed by atoms with Crippen molar-refractivity contribution in [3.63, 3.8) is 0 Å². The second-order valence-corrected chi connectivity index (χ2v) is 5.54. The van der Waals surface area contributed by atoms with E-state index in [1.54, 1.807) is 12.3 Å². The van der Waals surface area contributed by atoms with Gasteiger partial charge in [-0.2, -0.15) is 0 Å². The Labute approximate surface area is 113 Å². The Morgan fingerprint density at radius 1 is 1.47 bits per heavy atom. The van der Waals surface area contributed by atoms with Gasteiger partial charge in [0.15, 0.2) is 0 Å². The lowest BCUT2D eigenvalue weighted by atomic mass is 9.95. The van der Waals surface area contributed by atoms with Gasteiger partial charge in [-0.3, -0.25) is 4.90 Å². The van der Waals surface area contributed by atoms with Crippen LogP contribution in [0.3, 0.4) is 0 Å². The van der Waals surface area contributed by atoms with Crippen LogP contribution >= 0.6 is 23.2 Å². The molecule has 2 nitrogen and oxygen atoms in total. The van der Waals surface area contributed by atoms with Gasteiger partial charge in [0.05, 0.1) is 0 Å². The minimum absolute atomic E-state index is 0.462. The molecular weight excluding hydrogens is 255 g/mol. The number of rotatable bonds is 3. The molecule has 94 valence electrons. The third-order valence-corrected chi connectivity index (χ3v) is 4.03. The third kappa shape index (κ3) is 3.57. The zero-order chi connectivity index (χ0) is 12.3. The summed E-state index contributed by atoms with van der Waals surface area (Å²) in [7, 11) is 0. The average Bonchev–Trinajstić information content (AvgIpc) is 2.33. The topological polar surface area (TPSA) is 16.1 Å². The number of hydrogen-bond acceptors (Lipinski definition) is 2. The molecule has 1 aliphatic heterocycles. The molecule has 0 bridgehead atoms. The number of piperidine rings is 1. The van der Waals surface area contributed by atoms with Gasteiger partial charge in [-0.1, -0.05) is 36.5 Å². The largest absolute Gasteiger partial charge is 0.299 e. The Kier molecular flexibility index (Phi) is 4.66. The van der Waals surface area contributed by atoms with Gasteiger partial charge in [0.1, 0.15) is 5.15 Å². The molecule has 17 heavy (non-hydrogen) atoms. The first-order valence-corrected chi connectivity index (χ1v) is 6.97. The molecule has 1 aromatic heterocycles. The molecule has 2 heterocycles. The van der Waals surface area contributed by atoms with E-state index in [1.165, 1.54) is 25.8 Å². The molecule has 1 atom stereocenters. The van der Waals surface area contributed by atoms with Crippen LogP contribution in [0, 0.1) is 5.92 Å². The number of aromatic nitrogens is 1. The van der Waals surface area contributed by atoms with E-state index in [2.05, 4.69) is 16.8 Å². The molecule has 0 saturated carbocycles. The van der Waals surface area contributed by atoms with Gasteiger partial charge >= 0.3 is 0 Å². The number of hydrogen-bond donors (Lipinski definition) is 0. The molecule has 0 aliphatic carbocycles. The summed E-state index contributed by atoms with van der Waals surface area (Å²) in [5.74, 6) is 0.836. The molecule has 2 rings (SSSR count). The van der Waals surface area contributed by atoms with E-state index >= 15 is 0 Å². The van der Waals surface area contributed by atoms with Crippen molar-refractivity contribution < 1.29 is 0 Å². The van der Waals surface area contributed by atoms with Crippen LogP contribution in [0.2, 0.25) is 10.2 Å². The SMILES string of the molecule is CCC1CCCN(Cc2cnc(Cl)cc2Cl)C1. The number of likely N-dealkylation sites (tertiary alicyclic amines) is 1. The first-order chi connectivity index (χ1) is 8.19. The fourth-order valence-electron chi connectivity index (χ4n) is 2.42. The molecule has 1 aromatic rings. The standard InChI is InChI=1S/C13H18Cl2N2/c1-2-10-4-3-5-17(8-10)9-11-7-16-13(15)6-12(11)14/h6-7,10H,2-5,8-9H2,1H3. The Balaban J connectivity index is 2.00. The summed E-state index contributed by atoms with van der Waals surface area (Å²) in [4.78, 5) is 6.57. The lowest BCUT2D eigenvalue weighted by molar-refractivity contribution is 0.164. The van der Waals surface area contributed by atoms with Crippen LogP contribution in [-0.2, 0) is 6.54 Å². The lowest BCUT2D eigenvalue weighted by Gasteiger charge is -2.32. The van der Waals surface area contributed by atoms with Crippen LogP contribution in [0.25, 0.3) is 0 Å². The maximum Gasteiger partial charge on any atom is 0.130 e. The van der Waals surface area contributed by atoms with Gasteiger partial charge in [-0.25, -0.2) is 4.98 Å². The molecule has 0 N–H and O–H groups in total. The fourth-order valence-corrected chi connectivity index (χ4v) is 2.85. The molecule has 0 aromatic carbocycles. The second-order valence-electron chi connectivity index (χ2n) is 4.75. The monoisotopic (exact) mass is 272 g/mol. The highest BCUT2D eigenvalue weighted by Crippen LogP contribution is 2.24. The van der Waals surface area contributed by atoms with E-state index in [9.17, 15) is 0 Å². The predicted octanol–water partition coefficient (Wildman–Crippen LogP) is 4.01. The van der Waals surface area contributed by atoms with Crippen LogP contribution in [0.5, 0.6) is 0 Å². The van der Waals surface area contributed by atoms with Crippen molar-refractivity contribution in [1.29, 1.82) is 0 Å². The van der Waals surface area contributed by atoms with Crippen molar-refractivity contribution in [3.05, 3.63) is 28.0 Å². The number of halogens is 2. The minimum Gasteiger partial charge on any atom is -0.299 e. The van der Waals surface area contributed by atoms with Crippen molar-refractivity contribution in [2.24, 2.45) is 5.92 Å². The van der Waals surface area contributed by atoms with Crippen molar-refractivity contribution in [2.45, 2.75) is 32.7 Å². The van der Waals surface area contributed by atoms with E-state index in [-0.39, 0.29) is 0 Å². The van der Waals surface area contributed by atoms with Gasteiger partial charge < -0.3 is 0 Å². The van der Waals surface area contributed by atoms with E-state index in [0.29, 0.717) is 5.15 Å². The number of pyridine rings is 1. The molecule has 1 saturated heterocycles. The molecular formula is C13H18Cl2N2.